The minimum absolute atomic E-state index is 0.0718. The van der Waals surface area contributed by atoms with Gasteiger partial charge in [-0.1, -0.05) is 0 Å². The molecule has 2 N–H and O–H groups in total. The quantitative estimate of drug-likeness (QED) is 0.939. The maximum absolute atomic E-state index is 12.9. The van der Waals surface area contributed by atoms with Crippen LogP contribution in [0.1, 0.15) is 29.0 Å². The Morgan fingerprint density at radius 3 is 2.61 bits per heavy atom. The first-order valence-electron chi connectivity index (χ1n) is 7.67. The van der Waals surface area contributed by atoms with E-state index in [0.717, 1.165) is 5.39 Å². The van der Waals surface area contributed by atoms with Gasteiger partial charge in [-0.3, -0.25) is 9.59 Å². The number of methoxy groups -OCH3 is 1. The molecule has 0 radical (unpaired) electrons. The zero-order chi connectivity index (χ0) is 16.6. The molecule has 0 bridgehead atoms. The van der Waals surface area contributed by atoms with E-state index in [1.54, 1.807) is 31.1 Å². The Morgan fingerprint density at radius 1 is 1.30 bits per heavy atom. The average Bonchev–Trinajstić information content (AvgIpc) is 2.89. The van der Waals surface area contributed by atoms with E-state index < -0.39 is 0 Å². The zero-order valence-electron chi connectivity index (χ0n) is 13.3. The van der Waals surface area contributed by atoms with Gasteiger partial charge in [-0.05, 0) is 38.0 Å². The third kappa shape index (κ3) is 2.76. The second-order valence-corrected chi connectivity index (χ2v) is 5.86. The van der Waals surface area contributed by atoms with Gasteiger partial charge in [-0.15, -0.1) is 0 Å². The third-order valence-corrected chi connectivity index (χ3v) is 4.47. The smallest absolute Gasteiger partial charge is 0.258 e. The second kappa shape index (κ2) is 5.95. The lowest BCUT2D eigenvalue weighted by Gasteiger charge is -2.30. The number of hydrogen-bond donors (Lipinski definition) is 1. The molecular formula is C17H20N2O4. The number of carbonyl (C=O) groups is 2. The van der Waals surface area contributed by atoms with Crippen LogP contribution in [0.15, 0.2) is 22.6 Å². The predicted octanol–water partition coefficient (Wildman–Crippen LogP) is 2.09. The molecule has 6 heteroatoms. The van der Waals surface area contributed by atoms with Crippen LogP contribution in [0.5, 0.6) is 5.75 Å². The summed E-state index contributed by atoms with van der Waals surface area (Å²) in [5.41, 5.74) is 6.57. The van der Waals surface area contributed by atoms with Gasteiger partial charge < -0.3 is 19.8 Å². The normalized spacial score (nSPS) is 15.8. The number of likely N-dealkylation sites (tertiary alicyclic amines) is 1. The zero-order valence-corrected chi connectivity index (χ0v) is 13.3. The van der Waals surface area contributed by atoms with Crippen molar-refractivity contribution >= 4 is 22.8 Å². The van der Waals surface area contributed by atoms with E-state index >= 15 is 0 Å². The van der Waals surface area contributed by atoms with E-state index in [1.165, 1.54) is 0 Å². The highest BCUT2D eigenvalue weighted by molar-refractivity contribution is 6.07. The lowest BCUT2D eigenvalue weighted by molar-refractivity contribution is -0.123. The van der Waals surface area contributed by atoms with Crippen LogP contribution in [-0.2, 0) is 4.79 Å². The number of piperidine rings is 1. The van der Waals surface area contributed by atoms with Crippen molar-refractivity contribution in [3.05, 3.63) is 29.5 Å². The SMILES string of the molecule is COc1ccc2oc(C)c(C(=O)N3CCC(C(N)=O)CC3)c2c1. The molecule has 122 valence electrons. The Balaban J connectivity index is 1.89. The molecule has 0 spiro atoms. The molecular weight excluding hydrogens is 296 g/mol. The minimum Gasteiger partial charge on any atom is -0.497 e. The summed E-state index contributed by atoms with van der Waals surface area (Å²) >= 11 is 0. The van der Waals surface area contributed by atoms with E-state index in [9.17, 15) is 9.59 Å². The Kier molecular flexibility index (Phi) is 3.98. The summed E-state index contributed by atoms with van der Waals surface area (Å²) in [6, 6.07) is 5.42. The number of carbonyl (C=O) groups excluding carboxylic acids is 2. The molecule has 0 atom stereocenters. The molecule has 2 heterocycles. The van der Waals surface area contributed by atoms with Crippen molar-refractivity contribution < 1.29 is 18.7 Å². The summed E-state index contributed by atoms with van der Waals surface area (Å²) in [6.07, 6.45) is 1.22. The number of benzene rings is 1. The highest BCUT2D eigenvalue weighted by atomic mass is 16.5. The van der Waals surface area contributed by atoms with Crippen molar-refractivity contribution in [3.63, 3.8) is 0 Å². The number of nitrogens with zero attached hydrogens (tertiary/aromatic N) is 1. The van der Waals surface area contributed by atoms with Crippen LogP contribution in [0, 0.1) is 12.8 Å². The highest BCUT2D eigenvalue weighted by Crippen LogP contribution is 2.31. The summed E-state index contributed by atoms with van der Waals surface area (Å²) in [4.78, 5) is 25.9. The maximum Gasteiger partial charge on any atom is 0.258 e. The van der Waals surface area contributed by atoms with Crippen LogP contribution < -0.4 is 10.5 Å². The first-order valence-corrected chi connectivity index (χ1v) is 7.67. The van der Waals surface area contributed by atoms with Gasteiger partial charge in [-0.25, -0.2) is 0 Å². The van der Waals surface area contributed by atoms with Gasteiger partial charge in [0, 0.05) is 24.4 Å². The molecule has 2 aromatic rings. The van der Waals surface area contributed by atoms with Crippen molar-refractivity contribution in [3.8, 4) is 5.75 Å². The molecule has 1 aromatic heterocycles. The molecule has 1 aromatic carbocycles. The molecule has 1 aliphatic rings. The number of nitrogens with two attached hydrogens (primary N) is 1. The fourth-order valence-electron chi connectivity index (χ4n) is 3.12. The van der Waals surface area contributed by atoms with Crippen molar-refractivity contribution in [2.24, 2.45) is 11.7 Å². The van der Waals surface area contributed by atoms with Gasteiger partial charge in [0.1, 0.15) is 17.1 Å². The predicted molar refractivity (Wildman–Crippen MR) is 85.3 cm³/mol. The summed E-state index contributed by atoms with van der Waals surface area (Å²) in [6.45, 7) is 2.85. The van der Waals surface area contributed by atoms with Crippen LogP contribution in [-0.4, -0.2) is 36.9 Å². The number of hydrogen-bond acceptors (Lipinski definition) is 4. The van der Waals surface area contributed by atoms with E-state index in [2.05, 4.69) is 0 Å². The Hall–Kier alpha value is -2.50. The van der Waals surface area contributed by atoms with Crippen LogP contribution in [0.3, 0.4) is 0 Å². The third-order valence-electron chi connectivity index (χ3n) is 4.47. The lowest BCUT2D eigenvalue weighted by atomic mass is 9.95. The average molecular weight is 316 g/mol. The minimum atomic E-state index is -0.285. The van der Waals surface area contributed by atoms with E-state index in [0.29, 0.717) is 48.6 Å². The van der Waals surface area contributed by atoms with Crippen molar-refractivity contribution in [2.45, 2.75) is 19.8 Å². The summed E-state index contributed by atoms with van der Waals surface area (Å²) < 4.78 is 10.9. The first-order chi connectivity index (χ1) is 11.0. The van der Waals surface area contributed by atoms with Gasteiger partial charge in [0.25, 0.3) is 5.91 Å². The lowest BCUT2D eigenvalue weighted by Crippen LogP contribution is -2.41. The van der Waals surface area contributed by atoms with Gasteiger partial charge in [0.2, 0.25) is 5.91 Å². The molecule has 6 nitrogen and oxygen atoms in total. The number of furan rings is 1. The van der Waals surface area contributed by atoms with Gasteiger partial charge in [0.05, 0.1) is 12.7 Å². The van der Waals surface area contributed by atoms with Gasteiger partial charge in [-0.2, -0.15) is 0 Å². The molecule has 0 aliphatic carbocycles. The molecule has 1 fully saturated rings. The van der Waals surface area contributed by atoms with Crippen LogP contribution >= 0.6 is 0 Å². The van der Waals surface area contributed by atoms with E-state index in [4.69, 9.17) is 14.9 Å². The van der Waals surface area contributed by atoms with Gasteiger partial charge in [0.15, 0.2) is 0 Å². The topological polar surface area (TPSA) is 85.8 Å². The summed E-state index contributed by atoms with van der Waals surface area (Å²) in [5, 5.41) is 0.754. The van der Waals surface area contributed by atoms with E-state index in [-0.39, 0.29) is 17.7 Å². The summed E-state index contributed by atoms with van der Waals surface area (Å²) in [5.74, 6) is 0.778. The fraction of sp³-hybridized carbons (Fsp3) is 0.412. The van der Waals surface area contributed by atoms with Crippen molar-refractivity contribution in [1.82, 2.24) is 4.90 Å². The Bertz CT molecular complexity index is 757. The number of aryl methyl sites for hydroxylation is 1. The standard InChI is InChI=1S/C17H20N2O4/c1-10-15(13-9-12(22-2)3-4-14(13)23-10)17(21)19-7-5-11(6-8-19)16(18)20/h3-4,9,11H,5-8H2,1-2H3,(H2,18,20). The fourth-order valence-corrected chi connectivity index (χ4v) is 3.12. The first kappa shape index (κ1) is 15.4. The van der Waals surface area contributed by atoms with Crippen LogP contribution in [0.25, 0.3) is 11.0 Å². The van der Waals surface area contributed by atoms with Crippen molar-refractivity contribution in [2.75, 3.05) is 20.2 Å². The molecule has 1 aliphatic heterocycles. The molecule has 0 unspecified atom stereocenters. The number of rotatable bonds is 3. The molecule has 23 heavy (non-hydrogen) atoms. The molecule has 1 saturated heterocycles. The number of ether oxygens (including phenoxy) is 1. The van der Waals surface area contributed by atoms with Gasteiger partial charge >= 0.3 is 0 Å². The molecule has 2 amide bonds. The maximum atomic E-state index is 12.9. The monoisotopic (exact) mass is 316 g/mol. The Labute approximate surface area is 134 Å². The number of fused-ring (bicyclic) bond motifs is 1. The number of amides is 2. The summed E-state index contributed by atoms with van der Waals surface area (Å²) in [7, 11) is 1.59. The number of primary amides is 1. The second-order valence-electron chi connectivity index (χ2n) is 5.86. The van der Waals surface area contributed by atoms with E-state index in [1.807, 2.05) is 6.07 Å². The van der Waals surface area contributed by atoms with Crippen molar-refractivity contribution in [1.29, 1.82) is 0 Å². The molecule has 3 rings (SSSR count). The molecule has 0 saturated carbocycles. The largest absolute Gasteiger partial charge is 0.497 e. The van der Waals surface area contributed by atoms with Crippen LogP contribution in [0.4, 0.5) is 0 Å². The Morgan fingerprint density at radius 2 is 2.00 bits per heavy atom. The highest BCUT2D eigenvalue weighted by Gasteiger charge is 2.29. The van der Waals surface area contributed by atoms with Crippen LogP contribution in [0.2, 0.25) is 0 Å².